The molecular formula is C14H19NO. The van der Waals surface area contributed by atoms with E-state index in [1.54, 1.807) is 0 Å². The molecule has 16 heavy (non-hydrogen) atoms. The van der Waals surface area contributed by atoms with Crippen LogP contribution in [0, 0.1) is 5.92 Å². The molecule has 1 fully saturated rings. The second-order valence-corrected chi connectivity index (χ2v) is 4.53. The van der Waals surface area contributed by atoms with Crippen molar-refractivity contribution in [1.29, 1.82) is 0 Å². The van der Waals surface area contributed by atoms with E-state index in [1.165, 1.54) is 12.0 Å². The van der Waals surface area contributed by atoms with Crippen molar-refractivity contribution >= 4 is 5.78 Å². The zero-order chi connectivity index (χ0) is 11.2. The highest BCUT2D eigenvalue weighted by molar-refractivity contribution is 5.81. The third kappa shape index (κ3) is 3.17. The fraction of sp³-hybridized carbons (Fsp3) is 0.500. The predicted octanol–water partition coefficient (Wildman–Crippen LogP) is 2.54. The summed E-state index contributed by atoms with van der Waals surface area (Å²) in [4.78, 5) is 11.6. The van der Waals surface area contributed by atoms with Crippen LogP contribution < -0.4 is 5.32 Å². The molecule has 0 radical (unpaired) electrons. The van der Waals surface area contributed by atoms with Gasteiger partial charge in [0.05, 0.1) is 0 Å². The number of Topliss-reactive ketones (excluding diaryl/α,β-unsaturated/α-hetero) is 1. The Kier molecular flexibility index (Phi) is 4.11. The predicted molar refractivity (Wildman–Crippen MR) is 65.1 cm³/mol. The van der Waals surface area contributed by atoms with Gasteiger partial charge in [-0.1, -0.05) is 36.8 Å². The summed E-state index contributed by atoms with van der Waals surface area (Å²) >= 11 is 0. The first-order chi connectivity index (χ1) is 7.86. The number of hydrogen-bond acceptors (Lipinski definition) is 2. The molecule has 2 heteroatoms. The summed E-state index contributed by atoms with van der Waals surface area (Å²) in [6.45, 7) is 1.71. The molecule has 1 saturated carbocycles. The summed E-state index contributed by atoms with van der Waals surface area (Å²) in [6.07, 6.45) is 4.16. The van der Waals surface area contributed by atoms with Crippen molar-refractivity contribution in [3.8, 4) is 0 Å². The van der Waals surface area contributed by atoms with Crippen LogP contribution in [-0.2, 0) is 11.3 Å². The molecule has 1 aliphatic carbocycles. The van der Waals surface area contributed by atoms with E-state index in [0.29, 0.717) is 5.78 Å². The standard InChI is InChI=1S/C14H19NO/c16-14-9-5-4-8-13(14)11-15-10-12-6-2-1-3-7-12/h1-3,6-7,13,15H,4-5,8-11H2. The lowest BCUT2D eigenvalue weighted by Crippen LogP contribution is -2.30. The highest BCUT2D eigenvalue weighted by Gasteiger charge is 2.21. The summed E-state index contributed by atoms with van der Waals surface area (Å²) in [7, 11) is 0. The minimum atomic E-state index is 0.262. The summed E-state index contributed by atoms with van der Waals surface area (Å²) in [5.41, 5.74) is 1.28. The molecule has 1 aliphatic rings. The molecule has 86 valence electrons. The second-order valence-electron chi connectivity index (χ2n) is 4.53. The average Bonchev–Trinajstić information content (AvgIpc) is 2.33. The van der Waals surface area contributed by atoms with E-state index in [-0.39, 0.29) is 5.92 Å². The highest BCUT2D eigenvalue weighted by atomic mass is 16.1. The van der Waals surface area contributed by atoms with Gasteiger partial charge in [-0.15, -0.1) is 0 Å². The van der Waals surface area contributed by atoms with Gasteiger partial charge in [-0.25, -0.2) is 0 Å². The van der Waals surface area contributed by atoms with Crippen molar-refractivity contribution in [3.63, 3.8) is 0 Å². The van der Waals surface area contributed by atoms with E-state index < -0.39 is 0 Å². The molecule has 2 rings (SSSR count). The van der Waals surface area contributed by atoms with Crippen LogP contribution in [0.1, 0.15) is 31.2 Å². The van der Waals surface area contributed by atoms with Gasteiger partial charge in [-0.05, 0) is 18.4 Å². The van der Waals surface area contributed by atoms with Crippen LogP contribution >= 0.6 is 0 Å². The smallest absolute Gasteiger partial charge is 0.137 e. The monoisotopic (exact) mass is 217 g/mol. The molecule has 0 bridgehead atoms. The molecule has 1 atom stereocenters. The zero-order valence-corrected chi connectivity index (χ0v) is 9.61. The fourth-order valence-electron chi connectivity index (χ4n) is 2.26. The van der Waals surface area contributed by atoms with E-state index in [9.17, 15) is 4.79 Å². The van der Waals surface area contributed by atoms with Crippen LogP contribution in [0.2, 0.25) is 0 Å². The lowest BCUT2D eigenvalue weighted by atomic mass is 9.88. The van der Waals surface area contributed by atoms with Crippen molar-refractivity contribution in [2.75, 3.05) is 6.54 Å². The summed E-state index contributed by atoms with van der Waals surface area (Å²) in [6, 6.07) is 10.3. The maximum atomic E-state index is 11.6. The normalized spacial score (nSPS) is 21.0. The maximum Gasteiger partial charge on any atom is 0.137 e. The summed E-state index contributed by atoms with van der Waals surface area (Å²) in [5, 5.41) is 3.38. The molecule has 0 saturated heterocycles. The number of ketones is 1. The molecular weight excluding hydrogens is 198 g/mol. The van der Waals surface area contributed by atoms with E-state index in [1.807, 2.05) is 18.2 Å². The second kappa shape index (κ2) is 5.80. The zero-order valence-electron chi connectivity index (χ0n) is 9.61. The maximum absolute atomic E-state index is 11.6. The minimum Gasteiger partial charge on any atom is -0.312 e. The Morgan fingerprint density at radius 3 is 2.75 bits per heavy atom. The van der Waals surface area contributed by atoms with Gasteiger partial charge < -0.3 is 5.32 Å². The van der Waals surface area contributed by atoms with Crippen molar-refractivity contribution < 1.29 is 4.79 Å². The highest BCUT2D eigenvalue weighted by Crippen LogP contribution is 2.19. The molecule has 1 aromatic carbocycles. The molecule has 0 heterocycles. The number of rotatable bonds is 4. The number of hydrogen-bond donors (Lipinski definition) is 1. The number of benzene rings is 1. The molecule has 0 aromatic heterocycles. The summed E-state index contributed by atoms with van der Waals surface area (Å²) in [5.74, 6) is 0.712. The number of nitrogens with one attached hydrogen (secondary N) is 1. The minimum absolute atomic E-state index is 0.262. The Balaban J connectivity index is 1.73. The average molecular weight is 217 g/mol. The van der Waals surface area contributed by atoms with Gasteiger partial charge in [0.1, 0.15) is 5.78 Å². The van der Waals surface area contributed by atoms with Gasteiger partial charge in [0.2, 0.25) is 0 Å². The first-order valence-electron chi connectivity index (χ1n) is 6.13. The van der Waals surface area contributed by atoms with Crippen LogP contribution in [0.5, 0.6) is 0 Å². The van der Waals surface area contributed by atoms with Crippen molar-refractivity contribution in [2.45, 2.75) is 32.2 Å². The molecule has 0 spiro atoms. The van der Waals surface area contributed by atoms with E-state index in [0.717, 1.165) is 32.4 Å². The Bertz CT molecular complexity index is 334. The molecule has 2 nitrogen and oxygen atoms in total. The van der Waals surface area contributed by atoms with Gasteiger partial charge >= 0.3 is 0 Å². The largest absolute Gasteiger partial charge is 0.312 e. The van der Waals surface area contributed by atoms with Crippen molar-refractivity contribution in [3.05, 3.63) is 35.9 Å². The number of carbonyl (C=O) groups excluding carboxylic acids is 1. The summed E-state index contributed by atoms with van der Waals surface area (Å²) < 4.78 is 0. The number of carbonyl (C=O) groups is 1. The van der Waals surface area contributed by atoms with Crippen LogP contribution in [0.15, 0.2) is 30.3 Å². The molecule has 1 N–H and O–H groups in total. The van der Waals surface area contributed by atoms with Gasteiger partial charge in [0.25, 0.3) is 0 Å². The Hall–Kier alpha value is -1.15. The van der Waals surface area contributed by atoms with Crippen LogP contribution in [0.3, 0.4) is 0 Å². The van der Waals surface area contributed by atoms with Gasteiger partial charge in [-0.2, -0.15) is 0 Å². The van der Waals surface area contributed by atoms with Gasteiger partial charge in [-0.3, -0.25) is 4.79 Å². The van der Waals surface area contributed by atoms with Crippen LogP contribution in [0.4, 0.5) is 0 Å². The fourth-order valence-corrected chi connectivity index (χ4v) is 2.26. The first kappa shape index (κ1) is 11.3. The lowest BCUT2D eigenvalue weighted by Gasteiger charge is -2.20. The van der Waals surface area contributed by atoms with Crippen LogP contribution in [0.25, 0.3) is 0 Å². The Labute approximate surface area is 97.1 Å². The molecule has 1 aromatic rings. The van der Waals surface area contributed by atoms with Crippen LogP contribution in [-0.4, -0.2) is 12.3 Å². The van der Waals surface area contributed by atoms with Gasteiger partial charge in [0, 0.05) is 25.4 Å². The molecule has 0 amide bonds. The van der Waals surface area contributed by atoms with E-state index in [4.69, 9.17) is 0 Å². The Morgan fingerprint density at radius 1 is 1.19 bits per heavy atom. The van der Waals surface area contributed by atoms with Gasteiger partial charge in [0.15, 0.2) is 0 Å². The van der Waals surface area contributed by atoms with Crippen molar-refractivity contribution in [2.24, 2.45) is 5.92 Å². The third-order valence-electron chi connectivity index (χ3n) is 3.24. The van der Waals surface area contributed by atoms with Crippen molar-refractivity contribution in [1.82, 2.24) is 5.32 Å². The SMILES string of the molecule is O=C1CCCCC1CNCc1ccccc1. The van der Waals surface area contributed by atoms with E-state index in [2.05, 4.69) is 17.4 Å². The molecule has 1 unspecified atom stereocenters. The van der Waals surface area contributed by atoms with E-state index >= 15 is 0 Å². The first-order valence-corrected chi connectivity index (χ1v) is 6.13. The molecule has 0 aliphatic heterocycles. The third-order valence-corrected chi connectivity index (χ3v) is 3.24. The Morgan fingerprint density at radius 2 is 2.00 bits per heavy atom. The quantitative estimate of drug-likeness (QED) is 0.839. The lowest BCUT2D eigenvalue weighted by molar-refractivity contribution is -0.124. The topological polar surface area (TPSA) is 29.1 Å².